The van der Waals surface area contributed by atoms with Gasteiger partial charge in [0, 0.05) is 5.92 Å². The maximum atomic E-state index is 13.3. The number of hydrogen-bond donors (Lipinski definition) is 2. The van der Waals surface area contributed by atoms with Gasteiger partial charge in [-0.1, -0.05) is 0 Å². The Kier molecular flexibility index (Phi) is 4.19. The monoisotopic (exact) mass is 355 g/mol. The van der Waals surface area contributed by atoms with Gasteiger partial charge in [0.2, 0.25) is 6.41 Å². The number of alkyl halides is 3. The predicted molar refractivity (Wildman–Crippen MR) is 81.0 cm³/mol. The van der Waals surface area contributed by atoms with E-state index in [0.717, 1.165) is 29.7 Å². The minimum atomic E-state index is -4.74. The molecule has 0 spiro atoms. The smallest absolute Gasteiger partial charge is 0.369 e. The second kappa shape index (κ2) is 6.19. The highest BCUT2D eigenvalue weighted by Gasteiger charge is 2.37. The number of aliphatic imine (C=N–C) groups is 1. The zero-order valence-corrected chi connectivity index (χ0v) is 12.7. The second-order valence-electron chi connectivity index (χ2n) is 5.52. The first-order valence-corrected chi connectivity index (χ1v) is 7.30. The lowest BCUT2D eigenvalue weighted by molar-refractivity contribution is -0.137. The highest BCUT2D eigenvalue weighted by molar-refractivity contribution is 5.89. The molecule has 0 unspecified atom stereocenters. The number of nitrogens with zero attached hydrogens (tertiary/aromatic N) is 3. The maximum Gasteiger partial charge on any atom is 0.418 e. The van der Waals surface area contributed by atoms with Crippen LogP contribution in [0.2, 0.25) is 0 Å². The largest absolute Gasteiger partial charge is 0.418 e. The van der Waals surface area contributed by atoms with E-state index in [1.807, 2.05) is 0 Å². The molecule has 132 valence electrons. The summed E-state index contributed by atoms with van der Waals surface area (Å²) >= 11 is 0. The molecule has 2 aromatic rings. The molecule has 0 saturated heterocycles. The number of amides is 1. The van der Waals surface area contributed by atoms with E-state index in [0.29, 0.717) is 18.2 Å². The molecule has 10 heteroatoms. The minimum Gasteiger partial charge on any atom is -0.369 e. The Bertz CT molecular complexity index is 839. The number of rotatable bonds is 4. The third-order valence-electron chi connectivity index (χ3n) is 3.69. The Labute approximate surface area is 139 Å². The number of nitrogens with two attached hydrogens (primary N) is 1. The molecule has 3 N–H and O–H groups in total. The van der Waals surface area contributed by atoms with Gasteiger partial charge in [-0.2, -0.15) is 18.3 Å². The molecule has 1 aromatic carbocycles. The van der Waals surface area contributed by atoms with E-state index in [2.05, 4.69) is 15.4 Å². The van der Waals surface area contributed by atoms with E-state index in [-0.39, 0.29) is 23.3 Å². The van der Waals surface area contributed by atoms with Gasteiger partial charge < -0.3 is 5.73 Å². The lowest BCUT2D eigenvalue weighted by Crippen LogP contribution is -2.29. The highest BCUT2D eigenvalue weighted by atomic mass is 19.4. The standard InChI is InChI=1S/C15H13F4N5O/c16-9-3-4-12(10(5-9)15(17,18)19)24-13(8-1-2-8)11(6-22-24)23-14(20)21-7-25/h3-8H,1-2H2,(H3,20,21,23,25). The first-order valence-electron chi connectivity index (χ1n) is 7.30. The number of guanidine groups is 1. The molecule has 6 nitrogen and oxygen atoms in total. The first-order chi connectivity index (χ1) is 11.8. The van der Waals surface area contributed by atoms with Crippen molar-refractivity contribution in [2.45, 2.75) is 24.9 Å². The van der Waals surface area contributed by atoms with Crippen LogP contribution in [0.5, 0.6) is 0 Å². The summed E-state index contributed by atoms with van der Waals surface area (Å²) in [4.78, 5) is 14.4. The van der Waals surface area contributed by atoms with Crippen LogP contribution in [0.25, 0.3) is 5.69 Å². The number of carbonyl (C=O) groups is 1. The summed E-state index contributed by atoms with van der Waals surface area (Å²) in [6.07, 6.45) is -1.63. The first kappa shape index (κ1) is 16.9. The van der Waals surface area contributed by atoms with E-state index in [4.69, 9.17) is 5.73 Å². The Morgan fingerprint density at radius 2 is 2.12 bits per heavy atom. The number of nitrogens with one attached hydrogen (secondary N) is 1. The van der Waals surface area contributed by atoms with E-state index in [9.17, 15) is 22.4 Å². The van der Waals surface area contributed by atoms with Gasteiger partial charge >= 0.3 is 6.18 Å². The summed E-state index contributed by atoms with van der Waals surface area (Å²) in [5.41, 5.74) is 4.78. The Balaban J connectivity index is 2.15. The summed E-state index contributed by atoms with van der Waals surface area (Å²) in [6.45, 7) is 0. The summed E-state index contributed by atoms with van der Waals surface area (Å²) in [7, 11) is 0. The normalized spacial score (nSPS) is 15.3. The van der Waals surface area contributed by atoms with Gasteiger partial charge in [-0.05, 0) is 31.0 Å². The van der Waals surface area contributed by atoms with Crippen LogP contribution in [0.15, 0.2) is 29.4 Å². The van der Waals surface area contributed by atoms with Crippen molar-refractivity contribution in [2.24, 2.45) is 10.7 Å². The molecule has 1 aromatic heterocycles. The van der Waals surface area contributed by atoms with Crippen LogP contribution >= 0.6 is 0 Å². The van der Waals surface area contributed by atoms with E-state index >= 15 is 0 Å². The van der Waals surface area contributed by atoms with Crippen LogP contribution in [0, 0.1) is 5.82 Å². The van der Waals surface area contributed by atoms with Crippen molar-refractivity contribution in [3.05, 3.63) is 41.5 Å². The predicted octanol–water partition coefficient (Wildman–Crippen LogP) is 2.60. The van der Waals surface area contributed by atoms with E-state index in [1.54, 1.807) is 0 Å². The van der Waals surface area contributed by atoms with Crippen molar-refractivity contribution < 1.29 is 22.4 Å². The van der Waals surface area contributed by atoms with Crippen molar-refractivity contribution in [3.63, 3.8) is 0 Å². The van der Waals surface area contributed by atoms with Gasteiger partial charge in [-0.25, -0.2) is 14.1 Å². The van der Waals surface area contributed by atoms with Gasteiger partial charge in [0.05, 0.1) is 23.1 Å². The van der Waals surface area contributed by atoms with Crippen molar-refractivity contribution in [1.29, 1.82) is 0 Å². The van der Waals surface area contributed by atoms with Gasteiger partial charge in [-0.15, -0.1) is 0 Å². The average molecular weight is 355 g/mol. The zero-order chi connectivity index (χ0) is 18.2. The molecular weight excluding hydrogens is 342 g/mol. The van der Waals surface area contributed by atoms with Gasteiger partial charge in [0.1, 0.15) is 11.5 Å². The molecule has 1 heterocycles. The van der Waals surface area contributed by atoms with E-state index < -0.39 is 17.6 Å². The molecule has 0 aliphatic heterocycles. The molecule has 1 saturated carbocycles. The number of hydrogen-bond acceptors (Lipinski definition) is 3. The summed E-state index contributed by atoms with van der Waals surface area (Å²) < 4.78 is 54.2. The number of benzene rings is 1. The zero-order valence-electron chi connectivity index (χ0n) is 12.7. The van der Waals surface area contributed by atoms with Crippen LogP contribution in [-0.2, 0) is 11.0 Å². The Morgan fingerprint density at radius 1 is 1.40 bits per heavy atom. The van der Waals surface area contributed by atoms with Gasteiger partial charge in [-0.3, -0.25) is 10.1 Å². The number of carbonyl (C=O) groups excluding carboxylic acids is 1. The van der Waals surface area contributed by atoms with Crippen molar-refractivity contribution in [2.75, 3.05) is 0 Å². The van der Waals surface area contributed by atoms with Crippen LogP contribution in [0.1, 0.15) is 30.0 Å². The Hall–Kier alpha value is -2.91. The number of halogens is 4. The van der Waals surface area contributed by atoms with Crippen molar-refractivity contribution >= 4 is 18.1 Å². The lowest BCUT2D eigenvalue weighted by atomic mass is 10.1. The molecular formula is C15H13F4N5O. The molecule has 0 bridgehead atoms. The average Bonchev–Trinajstić information content (AvgIpc) is 3.28. The maximum absolute atomic E-state index is 13.3. The van der Waals surface area contributed by atoms with Gasteiger partial charge in [0.25, 0.3) is 0 Å². The number of aromatic nitrogens is 2. The SMILES string of the molecule is NC(=Nc1cnn(-c2ccc(F)cc2C(F)(F)F)c1C1CC1)NC=O. The van der Waals surface area contributed by atoms with Crippen molar-refractivity contribution in [3.8, 4) is 5.69 Å². The molecule has 0 radical (unpaired) electrons. The minimum absolute atomic E-state index is 0.0311. The summed E-state index contributed by atoms with van der Waals surface area (Å²) in [5, 5.41) is 6.13. The second-order valence-corrected chi connectivity index (χ2v) is 5.52. The van der Waals surface area contributed by atoms with Crippen molar-refractivity contribution in [1.82, 2.24) is 15.1 Å². The highest BCUT2D eigenvalue weighted by Crippen LogP contribution is 2.46. The molecule has 3 rings (SSSR count). The van der Waals surface area contributed by atoms with E-state index in [1.165, 1.54) is 6.20 Å². The topological polar surface area (TPSA) is 85.3 Å². The fraction of sp³-hybridized carbons (Fsp3) is 0.267. The van der Waals surface area contributed by atoms with Crippen LogP contribution in [0.3, 0.4) is 0 Å². The van der Waals surface area contributed by atoms with Crippen LogP contribution in [0.4, 0.5) is 23.2 Å². The Morgan fingerprint density at radius 3 is 2.72 bits per heavy atom. The third-order valence-corrected chi connectivity index (χ3v) is 3.69. The molecule has 1 amide bonds. The molecule has 1 aliphatic rings. The molecule has 25 heavy (non-hydrogen) atoms. The lowest BCUT2D eigenvalue weighted by Gasteiger charge is -2.15. The summed E-state index contributed by atoms with van der Waals surface area (Å²) in [5.74, 6) is -1.23. The van der Waals surface area contributed by atoms with Gasteiger partial charge in [0.15, 0.2) is 5.96 Å². The third kappa shape index (κ3) is 3.47. The van der Waals surface area contributed by atoms with Crippen LogP contribution in [-0.4, -0.2) is 22.2 Å². The quantitative estimate of drug-likeness (QED) is 0.383. The van der Waals surface area contributed by atoms with Crippen LogP contribution < -0.4 is 11.1 Å². The molecule has 1 fully saturated rings. The fourth-order valence-electron chi connectivity index (χ4n) is 2.51. The fourth-order valence-corrected chi connectivity index (χ4v) is 2.51. The summed E-state index contributed by atoms with van der Waals surface area (Å²) in [6, 6.07) is 2.39. The molecule has 1 aliphatic carbocycles. The molecule has 0 atom stereocenters.